The topological polar surface area (TPSA) is 92.7 Å². The van der Waals surface area contributed by atoms with E-state index in [1.807, 2.05) is 38.1 Å². The highest BCUT2D eigenvalue weighted by Gasteiger charge is 2.16. The van der Waals surface area contributed by atoms with Gasteiger partial charge in [-0.1, -0.05) is 35.9 Å². The quantitative estimate of drug-likeness (QED) is 0.498. The van der Waals surface area contributed by atoms with Gasteiger partial charge in [-0.3, -0.25) is 14.6 Å². The predicted molar refractivity (Wildman–Crippen MR) is 133 cm³/mol. The number of benzene rings is 2. The molecule has 2 N–H and O–H groups in total. The number of halogens is 1. The van der Waals surface area contributed by atoms with E-state index >= 15 is 0 Å². The van der Waals surface area contributed by atoms with E-state index in [-0.39, 0.29) is 17.9 Å². The third-order valence-corrected chi connectivity index (χ3v) is 5.41. The van der Waals surface area contributed by atoms with Crippen LogP contribution in [-0.4, -0.2) is 28.6 Å². The SMILES string of the molecule is Cc1c(Oc2ccnc(NC(=O)C3=NC(C)C=C3)c2)cccc1C(=O)NCc1cccc(Cl)c1. The first-order chi connectivity index (χ1) is 16.4. The maximum absolute atomic E-state index is 12.8. The zero-order chi connectivity index (χ0) is 24.1. The number of anilines is 1. The van der Waals surface area contributed by atoms with Gasteiger partial charge in [0.2, 0.25) is 0 Å². The molecular formula is C26H23ClN4O3. The number of nitrogens with zero attached hydrogens (tertiary/aromatic N) is 2. The smallest absolute Gasteiger partial charge is 0.274 e. The molecule has 0 fully saturated rings. The van der Waals surface area contributed by atoms with Gasteiger partial charge in [0.1, 0.15) is 23.0 Å². The summed E-state index contributed by atoms with van der Waals surface area (Å²) < 4.78 is 6.01. The number of amides is 2. The molecule has 0 aliphatic carbocycles. The summed E-state index contributed by atoms with van der Waals surface area (Å²) in [6, 6.07) is 15.9. The summed E-state index contributed by atoms with van der Waals surface area (Å²) in [5.41, 5.74) is 2.45. The molecule has 7 nitrogen and oxygen atoms in total. The van der Waals surface area contributed by atoms with Crippen LogP contribution in [0.4, 0.5) is 5.82 Å². The van der Waals surface area contributed by atoms with Crippen molar-refractivity contribution >= 4 is 34.9 Å². The van der Waals surface area contributed by atoms with Crippen molar-refractivity contribution in [2.75, 3.05) is 5.32 Å². The monoisotopic (exact) mass is 474 g/mol. The number of pyridine rings is 1. The maximum Gasteiger partial charge on any atom is 0.274 e. The molecular weight excluding hydrogens is 452 g/mol. The van der Waals surface area contributed by atoms with Gasteiger partial charge in [0.05, 0.1) is 6.04 Å². The van der Waals surface area contributed by atoms with E-state index in [1.54, 1.807) is 42.5 Å². The van der Waals surface area contributed by atoms with Crippen LogP contribution in [0.3, 0.4) is 0 Å². The molecule has 172 valence electrons. The first-order valence-electron chi connectivity index (χ1n) is 10.7. The van der Waals surface area contributed by atoms with Crippen LogP contribution in [0.1, 0.15) is 28.4 Å². The van der Waals surface area contributed by atoms with Crippen LogP contribution in [0.5, 0.6) is 11.5 Å². The van der Waals surface area contributed by atoms with Crippen LogP contribution >= 0.6 is 11.6 Å². The lowest BCUT2D eigenvalue weighted by Crippen LogP contribution is -2.23. The highest BCUT2D eigenvalue weighted by molar-refractivity contribution is 6.47. The van der Waals surface area contributed by atoms with Gasteiger partial charge in [-0.2, -0.15) is 0 Å². The lowest BCUT2D eigenvalue weighted by Gasteiger charge is -2.13. The van der Waals surface area contributed by atoms with E-state index < -0.39 is 0 Å². The summed E-state index contributed by atoms with van der Waals surface area (Å²) in [6.45, 7) is 4.08. The molecule has 1 aromatic heterocycles. The zero-order valence-corrected chi connectivity index (χ0v) is 19.5. The van der Waals surface area contributed by atoms with E-state index in [4.69, 9.17) is 16.3 Å². The molecule has 0 spiro atoms. The van der Waals surface area contributed by atoms with Gasteiger partial charge in [-0.15, -0.1) is 0 Å². The van der Waals surface area contributed by atoms with Gasteiger partial charge in [0.25, 0.3) is 11.8 Å². The van der Waals surface area contributed by atoms with Crippen molar-refractivity contribution in [1.29, 1.82) is 0 Å². The molecule has 2 amide bonds. The fourth-order valence-corrected chi connectivity index (χ4v) is 3.63. The van der Waals surface area contributed by atoms with E-state index in [0.717, 1.165) is 5.56 Å². The molecule has 1 atom stereocenters. The Balaban J connectivity index is 1.44. The Morgan fingerprint density at radius 3 is 2.68 bits per heavy atom. The van der Waals surface area contributed by atoms with E-state index in [1.165, 1.54) is 6.20 Å². The lowest BCUT2D eigenvalue weighted by atomic mass is 10.1. The molecule has 4 rings (SSSR count). The number of hydrogen-bond acceptors (Lipinski definition) is 5. The number of ether oxygens (including phenoxy) is 1. The zero-order valence-electron chi connectivity index (χ0n) is 18.7. The van der Waals surface area contributed by atoms with Crippen molar-refractivity contribution in [2.45, 2.75) is 26.4 Å². The van der Waals surface area contributed by atoms with Gasteiger partial charge >= 0.3 is 0 Å². The van der Waals surface area contributed by atoms with Gasteiger partial charge in [-0.25, -0.2) is 4.98 Å². The minimum absolute atomic E-state index is 0.0127. The van der Waals surface area contributed by atoms with Gasteiger partial charge in [0.15, 0.2) is 0 Å². The van der Waals surface area contributed by atoms with Crippen molar-refractivity contribution in [3.05, 3.63) is 94.7 Å². The minimum atomic E-state index is -0.334. The number of nitrogens with one attached hydrogen (secondary N) is 2. The maximum atomic E-state index is 12.8. The number of hydrogen-bond donors (Lipinski definition) is 2. The van der Waals surface area contributed by atoms with Crippen molar-refractivity contribution in [2.24, 2.45) is 4.99 Å². The number of carbonyl (C=O) groups excluding carboxylic acids is 2. The second-order valence-electron chi connectivity index (χ2n) is 7.79. The molecule has 2 heterocycles. The van der Waals surface area contributed by atoms with E-state index in [2.05, 4.69) is 20.6 Å². The summed E-state index contributed by atoms with van der Waals surface area (Å²) in [7, 11) is 0. The molecule has 0 saturated heterocycles. The summed E-state index contributed by atoms with van der Waals surface area (Å²) >= 11 is 6.01. The molecule has 0 bridgehead atoms. The van der Waals surface area contributed by atoms with Gasteiger partial charge in [0, 0.05) is 35.0 Å². The second kappa shape index (κ2) is 10.3. The van der Waals surface area contributed by atoms with E-state index in [0.29, 0.717) is 45.7 Å². The van der Waals surface area contributed by atoms with Gasteiger partial charge in [-0.05, 0) is 55.8 Å². The number of rotatable bonds is 7. The summed E-state index contributed by atoms with van der Waals surface area (Å²) in [6.07, 6.45) is 5.08. The Bertz CT molecular complexity index is 1300. The fraction of sp³-hybridized carbons (Fsp3) is 0.154. The normalized spacial score (nSPS) is 14.4. The third kappa shape index (κ3) is 5.68. The van der Waals surface area contributed by atoms with Crippen molar-refractivity contribution in [1.82, 2.24) is 10.3 Å². The Kier molecular flexibility index (Phi) is 7.04. The molecule has 0 radical (unpaired) electrons. The second-order valence-corrected chi connectivity index (χ2v) is 8.22. The largest absolute Gasteiger partial charge is 0.457 e. The average Bonchev–Trinajstić information content (AvgIpc) is 3.26. The summed E-state index contributed by atoms with van der Waals surface area (Å²) in [4.78, 5) is 33.6. The van der Waals surface area contributed by atoms with Crippen LogP contribution < -0.4 is 15.4 Å². The number of carbonyl (C=O) groups is 2. The van der Waals surface area contributed by atoms with Crippen LogP contribution in [0.25, 0.3) is 0 Å². The van der Waals surface area contributed by atoms with Crippen LogP contribution in [0.2, 0.25) is 5.02 Å². The van der Waals surface area contributed by atoms with Crippen molar-refractivity contribution in [3.63, 3.8) is 0 Å². The minimum Gasteiger partial charge on any atom is -0.457 e. The molecule has 2 aromatic carbocycles. The number of aliphatic imine (C=N–C) groups is 1. The Morgan fingerprint density at radius 2 is 1.91 bits per heavy atom. The fourth-order valence-electron chi connectivity index (χ4n) is 3.42. The van der Waals surface area contributed by atoms with Crippen LogP contribution in [-0.2, 0) is 11.3 Å². The first-order valence-corrected chi connectivity index (χ1v) is 11.1. The van der Waals surface area contributed by atoms with Crippen LogP contribution in [0.15, 0.2) is 77.9 Å². The van der Waals surface area contributed by atoms with E-state index in [9.17, 15) is 9.59 Å². The highest BCUT2D eigenvalue weighted by Crippen LogP contribution is 2.28. The van der Waals surface area contributed by atoms with Gasteiger partial charge < -0.3 is 15.4 Å². The first kappa shape index (κ1) is 23.2. The highest BCUT2D eigenvalue weighted by atomic mass is 35.5. The number of aromatic nitrogens is 1. The van der Waals surface area contributed by atoms with Crippen LogP contribution in [0, 0.1) is 6.92 Å². The summed E-state index contributed by atoms with van der Waals surface area (Å²) in [5.74, 6) is 0.786. The Hall–Kier alpha value is -3.97. The summed E-state index contributed by atoms with van der Waals surface area (Å²) in [5, 5.41) is 6.25. The standard InChI is InChI=1S/C26H23ClN4O3/c1-16-9-10-22(30-16)26(33)31-24-14-20(11-12-28-24)34-23-8-4-7-21(17(23)2)25(32)29-15-18-5-3-6-19(27)13-18/h3-14,16H,15H2,1-2H3,(H,29,32)(H,28,31,33). The third-order valence-electron chi connectivity index (χ3n) is 5.18. The lowest BCUT2D eigenvalue weighted by molar-refractivity contribution is -0.110. The molecule has 1 unspecified atom stereocenters. The Morgan fingerprint density at radius 1 is 1.09 bits per heavy atom. The Labute approximate surface area is 202 Å². The molecule has 1 aliphatic heterocycles. The molecule has 0 saturated carbocycles. The molecule has 34 heavy (non-hydrogen) atoms. The van der Waals surface area contributed by atoms with Crippen molar-refractivity contribution in [3.8, 4) is 11.5 Å². The van der Waals surface area contributed by atoms with Crippen molar-refractivity contribution < 1.29 is 14.3 Å². The average molecular weight is 475 g/mol. The molecule has 8 heteroatoms. The molecule has 1 aliphatic rings. The molecule has 3 aromatic rings. The predicted octanol–water partition coefficient (Wildman–Crippen LogP) is 5.10.